The van der Waals surface area contributed by atoms with Crippen molar-refractivity contribution < 1.29 is 15.3 Å². The van der Waals surface area contributed by atoms with E-state index >= 15 is 0 Å². The smallest absolute Gasteiger partial charge is 0.105 e. The Bertz CT molecular complexity index is 72.7. The molecule has 0 rings (SSSR count). The van der Waals surface area contributed by atoms with Crippen LogP contribution in [0.2, 0.25) is 0 Å². The lowest BCUT2D eigenvalue weighted by Crippen LogP contribution is -2.34. The molecule has 0 saturated carbocycles. The normalized spacial score (nSPS) is 21.0. The van der Waals surface area contributed by atoms with Gasteiger partial charge in [-0.1, -0.05) is 6.92 Å². The van der Waals surface area contributed by atoms with Crippen LogP contribution < -0.4 is 0 Å². The zero-order valence-electron chi connectivity index (χ0n) is 5.78. The summed E-state index contributed by atoms with van der Waals surface area (Å²) in [6, 6.07) is 0. The molecule has 0 radical (unpaired) electrons. The molecular weight excluding hydrogens is 120 g/mol. The van der Waals surface area contributed by atoms with E-state index in [0.29, 0.717) is 6.42 Å². The first-order valence-corrected chi connectivity index (χ1v) is 3.13. The summed E-state index contributed by atoms with van der Waals surface area (Å²) in [4.78, 5) is 0. The molecule has 0 fully saturated rings. The van der Waals surface area contributed by atoms with E-state index in [9.17, 15) is 0 Å². The summed E-state index contributed by atoms with van der Waals surface area (Å²) in [5.41, 5.74) is 0. The van der Waals surface area contributed by atoms with Crippen LogP contribution in [0.3, 0.4) is 0 Å². The van der Waals surface area contributed by atoms with Crippen LogP contribution in [0.25, 0.3) is 0 Å². The van der Waals surface area contributed by atoms with Crippen molar-refractivity contribution in [3.8, 4) is 0 Å². The lowest BCUT2D eigenvalue weighted by Gasteiger charge is -2.17. The molecule has 0 aromatic rings. The Morgan fingerprint density at radius 1 is 1.22 bits per heavy atom. The molecule has 3 nitrogen and oxygen atoms in total. The van der Waals surface area contributed by atoms with Crippen molar-refractivity contribution in [2.75, 3.05) is 0 Å². The van der Waals surface area contributed by atoms with Crippen molar-refractivity contribution in [1.29, 1.82) is 0 Å². The standard InChI is InChI=1S/C6H14O3/c1-3-5(8)6(9)4(2)7/h4-9H,3H2,1-2H3/t4?,5-,6-/m0/s1. The quantitative estimate of drug-likeness (QED) is 0.487. The Labute approximate surface area is 54.9 Å². The Morgan fingerprint density at radius 2 is 1.67 bits per heavy atom. The van der Waals surface area contributed by atoms with Gasteiger partial charge in [0.2, 0.25) is 0 Å². The van der Waals surface area contributed by atoms with E-state index in [-0.39, 0.29) is 0 Å². The number of aliphatic hydroxyl groups excluding tert-OH is 3. The third kappa shape index (κ3) is 2.79. The average Bonchev–Trinajstić information content (AvgIpc) is 1.84. The van der Waals surface area contributed by atoms with Crippen LogP contribution in [-0.2, 0) is 0 Å². The lowest BCUT2D eigenvalue weighted by molar-refractivity contribution is -0.0524. The minimum Gasteiger partial charge on any atom is -0.391 e. The first-order chi connectivity index (χ1) is 4.09. The fourth-order valence-electron chi connectivity index (χ4n) is 0.563. The van der Waals surface area contributed by atoms with E-state index in [2.05, 4.69) is 0 Å². The highest BCUT2D eigenvalue weighted by Crippen LogP contribution is 2.01. The van der Waals surface area contributed by atoms with Gasteiger partial charge in [-0.3, -0.25) is 0 Å². The topological polar surface area (TPSA) is 60.7 Å². The van der Waals surface area contributed by atoms with Crippen molar-refractivity contribution in [1.82, 2.24) is 0 Å². The number of hydrogen-bond acceptors (Lipinski definition) is 3. The number of aliphatic hydroxyl groups is 3. The molecule has 0 aliphatic heterocycles. The molecule has 0 heterocycles. The summed E-state index contributed by atoms with van der Waals surface area (Å²) in [6.07, 6.45) is -2.19. The van der Waals surface area contributed by atoms with E-state index in [1.54, 1.807) is 6.92 Å². The van der Waals surface area contributed by atoms with Crippen molar-refractivity contribution in [2.24, 2.45) is 0 Å². The van der Waals surface area contributed by atoms with Crippen LogP contribution in [0.1, 0.15) is 20.3 Å². The zero-order chi connectivity index (χ0) is 7.44. The molecule has 1 unspecified atom stereocenters. The first kappa shape index (κ1) is 8.88. The summed E-state index contributed by atoms with van der Waals surface area (Å²) in [5, 5.41) is 26.5. The summed E-state index contributed by atoms with van der Waals surface area (Å²) >= 11 is 0. The summed E-state index contributed by atoms with van der Waals surface area (Å²) < 4.78 is 0. The Hall–Kier alpha value is -0.120. The maximum Gasteiger partial charge on any atom is 0.105 e. The SMILES string of the molecule is CC[C@H](O)[C@@H](O)C(C)O. The van der Waals surface area contributed by atoms with Crippen LogP contribution in [0.4, 0.5) is 0 Å². The largest absolute Gasteiger partial charge is 0.391 e. The Morgan fingerprint density at radius 3 is 1.78 bits per heavy atom. The number of hydrogen-bond donors (Lipinski definition) is 3. The predicted octanol–water partition coefficient (Wildman–Crippen LogP) is -0.501. The van der Waals surface area contributed by atoms with E-state index in [0.717, 1.165) is 0 Å². The second-order valence-corrected chi connectivity index (χ2v) is 2.21. The molecule has 3 N–H and O–H groups in total. The highest BCUT2D eigenvalue weighted by Gasteiger charge is 2.18. The molecule has 0 amide bonds. The fourth-order valence-corrected chi connectivity index (χ4v) is 0.563. The lowest BCUT2D eigenvalue weighted by atomic mass is 10.1. The summed E-state index contributed by atoms with van der Waals surface area (Å²) in [6.45, 7) is 3.19. The van der Waals surface area contributed by atoms with Crippen LogP contribution >= 0.6 is 0 Å². The van der Waals surface area contributed by atoms with Gasteiger partial charge in [-0.15, -0.1) is 0 Å². The predicted molar refractivity (Wildman–Crippen MR) is 34.0 cm³/mol. The minimum atomic E-state index is -1.00. The van der Waals surface area contributed by atoms with E-state index in [4.69, 9.17) is 15.3 Å². The van der Waals surface area contributed by atoms with E-state index in [1.807, 2.05) is 0 Å². The monoisotopic (exact) mass is 134 g/mol. The second-order valence-electron chi connectivity index (χ2n) is 2.21. The van der Waals surface area contributed by atoms with E-state index in [1.165, 1.54) is 6.92 Å². The Kier molecular flexibility index (Phi) is 3.77. The highest BCUT2D eigenvalue weighted by molar-refractivity contribution is 4.69. The van der Waals surface area contributed by atoms with Gasteiger partial charge in [0.1, 0.15) is 6.10 Å². The third-order valence-corrected chi connectivity index (χ3v) is 1.31. The average molecular weight is 134 g/mol. The molecule has 0 aromatic carbocycles. The molecule has 56 valence electrons. The molecule has 0 bridgehead atoms. The van der Waals surface area contributed by atoms with Crippen molar-refractivity contribution in [2.45, 2.75) is 38.6 Å². The maximum absolute atomic E-state index is 8.89. The third-order valence-electron chi connectivity index (χ3n) is 1.31. The van der Waals surface area contributed by atoms with Gasteiger partial charge in [-0.2, -0.15) is 0 Å². The van der Waals surface area contributed by atoms with Crippen LogP contribution in [-0.4, -0.2) is 33.6 Å². The summed E-state index contributed by atoms with van der Waals surface area (Å²) in [5.74, 6) is 0. The molecule has 3 atom stereocenters. The van der Waals surface area contributed by atoms with Gasteiger partial charge in [0.05, 0.1) is 12.2 Å². The van der Waals surface area contributed by atoms with Gasteiger partial charge in [0.15, 0.2) is 0 Å². The molecule has 0 aliphatic rings. The highest BCUT2D eigenvalue weighted by atomic mass is 16.4. The van der Waals surface area contributed by atoms with E-state index < -0.39 is 18.3 Å². The van der Waals surface area contributed by atoms with Crippen molar-refractivity contribution in [3.05, 3.63) is 0 Å². The molecule has 0 aliphatic carbocycles. The zero-order valence-corrected chi connectivity index (χ0v) is 5.78. The molecule has 3 heteroatoms. The van der Waals surface area contributed by atoms with Gasteiger partial charge in [-0.25, -0.2) is 0 Å². The molecule has 0 saturated heterocycles. The van der Waals surface area contributed by atoms with Crippen molar-refractivity contribution >= 4 is 0 Å². The Balaban J connectivity index is 3.58. The van der Waals surface area contributed by atoms with Gasteiger partial charge in [0, 0.05) is 0 Å². The first-order valence-electron chi connectivity index (χ1n) is 3.13. The van der Waals surface area contributed by atoms with Gasteiger partial charge < -0.3 is 15.3 Å². The van der Waals surface area contributed by atoms with Gasteiger partial charge in [0.25, 0.3) is 0 Å². The van der Waals surface area contributed by atoms with Crippen LogP contribution in [0.15, 0.2) is 0 Å². The second kappa shape index (κ2) is 3.82. The molecule has 0 aromatic heterocycles. The molecule has 0 spiro atoms. The summed E-state index contributed by atoms with van der Waals surface area (Å²) in [7, 11) is 0. The van der Waals surface area contributed by atoms with Crippen LogP contribution in [0, 0.1) is 0 Å². The van der Waals surface area contributed by atoms with Crippen LogP contribution in [0.5, 0.6) is 0 Å². The maximum atomic E-state index is 8.89. The molecular formula is C6H14O3. The number of rotatable bonds is 3. The fraction of sp³-hybridized carbons (Fsp3) is 1.00. The van der Waals surface area contributed by atoms with Gasteiger partial charge >= 0.3 is 0 Å². The van der Waals surface area contributed by atoms with Crippen molar-refractivity contribution in [3.63, 3.8) is 0 Å². The van der Waals surface area contributed by atoms with Gasteiger partial charge in [-0.05, 0) is 13.3 Å². The molecule has 9 heavy (non-hydrogen) atoms. The minimum absolute atomic E-state index is 0.464.